The molecule has 2 aromatic carbocycles. The van der Waals surface area contributed by atoms with Gasteiger partial charge in [-0.15, -0.1) is 0 Å². The number of H-pyrrole nitrogens is 1. The summed E-state index contributed by atoms with van der Waals surface area (Å²) in [5, 5.41) is 7.14. The molecule has 4 rings (SSSR count). The SMILES string of the molecule is COc1ccccc1-c1cc(C(=O)N(C)CC2Cc3ccccc3CO2)[nH]n1. The van der Waals surface area contributed by atoms with E-state index >= 15 is 0 Å². The predicted octanol–water partition coefficient (Wildman–Crippen LogP) is 3.30. The second-order valence-corrected chi connectivity index (χ2v) is 6.96. The Labute approximate surface area is 164 Å². The number of hydrogen-bond acceptors (Lipinski definition) is 4. The Hall–Kier alpha value is -3.12. The van der Waals surface area contributed by atoms with Crippen molar-refractivity contribution in [3.8, 4) is 17.0 Å². The first-order valence-electron chi connectivity index (χ1n) is 9.28. The maximum Gasteiger partial charge on any atom is 0.271 e. The standard InChI is InChI=1S/C22H23N3O3/c1-25(13-17-11-15-7-3-4-8-16(15)14-28-17)22(26)20-12-19(23-24-20)18-9-5-6-10-21(18)27-2/h3-10,12,17H,11,13-14H2,1-2H3,(H,23,24). The van der Waals surface area contributed by atoms with Crippen LogP contribution in [0.1, 0.15) is 21.6 Å². The first kappa shape index (κ1) is 18.3. The third-order valence-electron chi connectivity index (χ3n) is 5.06. The predicted molar refractivity (Wildman–Crippen MR) is 106 cm³/mol. The molecule has 1 aliphatic heterocycles. The summed E-state index contributed by atoms with van der Waals surface area (Å²) in [5.74, 6) is 0.603. The maximum atomic E-state index is 12.8. The topological polar surface area (TPSA) is 67.4 Å². The fourth-order valence-corrected chi connectivity index (χ4v) is 3.55. The summed E-state index contributed by atoms with van der Waals surface area (Å²) in [6.45, 7) is 1.11. The van der Waals surface area contributed by atoms with Gasteiger partial charge in [0.25, 0.3) is 5.91 Å². The van der Waals surface area contributed by atoms with Crippen LogP contribution in [0.3, 0.4) is 0 Å². The highest BCUT2D eigenvalue weighted by molar-refractivity contribution is 5.93. The number of methoxy groups -OCH3 is 1. The number of nitrogens with one attached hydrogen (secondary N) is 1. The summed E-state index contributed by atoms with van der Waals surface area (Å²) in [6, 6.07) is 17.6. The van der Waals surface area contributed by atoms with Gasteiger partial charge in [-0.2, -0.15) is 5.10 Å². The first-order chi connectivity index (χ1) is 13.7. The summed E-state index contributed by atoms with van der Waals surface area (Å²) < 4.78 is 11.3. The number of nitrogens with zero attached hydrogens (tertiary/aromatic N) is 2. The van der Waals surface area contributed by atoms with Crippen molar-refractivity contribution in [1.82, 2.24) is 15.1 Å². The Morgan fingerprint density at radius 2 is 1.96 bits per heavy atom. The van der Waals surface area contributed by atoms with Gasteiger partial charge in [-0.05, 0) is 29.3 Å². The molecule has 0 fully saturated rings. The lowest BCUT2D eigenvalue weighted by Crippen LogP contribution is -2.38. The number of fused-ring (bicyclic) bond motifs is 1. The van der Waals surface area contributed by atoms with Gasteiger partial charge in [0.05, 0.1) is 25.5 Å². The Morgan fingerprint density at radius 1 is 1.21 bits per heavy atom. The van der Waals surface area contributed by atoms with Crippen molar-refractivity contribution in [3.05, 3.63) is 71.4 Å². The van der Waals surface area contributed by atoms with Crippen molar-refractivity contribution < 1.29 is 14.3 Å². The van der Waals surface area contributed by atoms with Crippen LogP contribution in [-0.4, -0.2) is 47.8 Å². The Balaban J connectivity index is 1.44. The molecule has 0 aliphatic carbocycles. The minimum atomic E-state index is -0.115. The van der Waals surface area contributed by atoms with E-state index < -0.39 is 0 Å². The zero-order chi connectivity index (χ0) is 19.5. The van der Waals surface area contributed by atoms with Crippen LogP contribution in [0.5, 0.6) is 5.75 Å². The molecule has 2 heterocycles. The molecule has 1 atom stereocenters. The van der Waals surface area contributed by atoms with E-state index in [1.807, 2.05) is 36.4 Å². The number of ether oxygens (including phenoxy) is 2. The summed E-state index contributed by atoms with van der Waals surface area (Å²) in [6.07, 6.45) is 0.795. The molecule has 1 unspecified atom stereocenters. The van der Waals surface area contributed by atoms with Crippen molar-refractivity contribution in [2.75, 3.05) is 20.7 Å². The van der Waals surface area contributed by atoms with Crippen molar-refractivity contribution in [1.29, 1.82) is 0 Å². The number of aromatic nitrogens is 2. The third-order valence-corrected chi connectivity index (χ3v) is 5.06. The van der Waals surface area contributed by atoms with Crippen LogP contribution in [0.25, 0.3) is 11.3 Å². The van der Waals surface area contributed by atoms with Crippen molar-refractivity contribution >= 4 is 5.91 Å². The zero-order valence-corrected chi connectivity index (χ0v) is 16.0. The molecule has 144 valence electrons. The van der Waals surface area contributed by atoms with E-state index in [0.29, 0.717) is 24.5 Å². The molecule has 1 amide bonds. The number of aromatic amines is 1. The second-order valence-electron chi connectivity index (χ2n) is 6.96. The van der Waals surface area contributed by atoms with Crippen LogP contribution in [0.4, 0.5) is 0 Å². The monoisotopic (exact) mass is 377 g/mol. The number of rotatable bonds is 5. The van der Waals surface area contributed by atoms with E-state index in [2.05, 4.69) is 22.3 Å². The van der Waals surface area contributed by atoms with Gasteiger partial charge in [-0.3, -0.25) is 9.89 Å². The van der Waals surface area contributed by atoms with E-state index in [9.17, 15) is 4.79 Å². The molecule has 0 saturated carbocycles. The molecule has 0 bridgehead atoms. The van der Waals surface area contributed by atoms with Gasteiger partial charge in [0.1, 0.15) is 11.4 Å². The lowest BCUT2D eigenvalue weighted by molar-refractivity contribution is 0.00972. The number of likely N-dealkylation sites (N-methyl/N-ethyl adjacent to an activating group) is 1. The molecule has 0 spiro atoms. The molecule has 1 N–H and O–H groups in total. The molecule has 3 aromatic rings. The van der Waals surface area contributed by atoms with Gasteiger partial charge < -0.3 is 14.4 Å². The second kappa shape index (κ2) is 7.86. The quantitative estimate of drug-likeness (QED) is 0.741. The van der Waals surface area contributed by atoms with Gasteiger partial charge in [-0.25, -0.2) is 0 Å². The van der Waals surface area contributed by atoms with Gasteiger partial charge in [0.15, 0.2) is 0 Å². The highest BCUT2D eigenvalue weighted by atomic mass is 16.5. The van der Waals surface area contributed by atoms with Crippen LogP contribution in [0, 0.1) is 0 Å². The number of hydrogen-bond donors (Lipinski definition) is 1. The average molecular weight is 377 g/mol. The molecule has 0 saturated heterocycles. The highest BCUT2D eigenvalue weighted by Gasteiger charge is 2.23. The normalized spacial score (nSPS) is 15.7. The molecular weight excluding hydrogens is 354 g/mol. The van der Waals surface area contributed by atoms with Crippen LogP contribution >= 0.6 is 0 Å². The van der Waals surface area contributed by atoms with Gasteiger partial charge in [0.2, 0.25) is 0 Å². The van der Waals surface area contributed by atoms with Gasteiger partial charge in [0, 0.05) is 25.6 Å². The third kappa shape index (κ3) is 3.64. The van der Waals surface area contributed by atoms with Crippen molar-refractivity contribution in [3.63, 3.8) is 0 Å². The smallest absolute Gasteiger partial charge is 0.271 e. The number of benzene rings is 2. The highest BCUT2D eigenvalue weighted by Crippen LogP contribution is 2.28. The fraction of sp³-hybridized carbons (Fsp3) is 0.273. The van der Waals surface area contributed by atoms with E-state index in [-0.39, 0.29) is 12.0 Å². The van der Waals surface area contributed by atoms with E-state index in [1.165, 1.54) is 11.1 Å². The molecule has 0 radical (unpaired) electrons. The van der Waals surface area contributed by atoms with E-state index in [1.54, 1.807) is 25.1 Å². The molecule has 6 heteroatoms. The summed E-state index contributed by atoms with van der Waals surface area (Å²) in [7, 11) is 3.41. The van der Waals surface area contributed by atoms with E-state index in [4.69, 9.17) is 9.47 Å². The maximum absolute atomic E-state index is 12.8. The van der Waals surface area contributed by atoms with Crippen molar-refractivity contribution in [2.24, 2.45) is 0 Å². The Morgan fingerprint density at radius 3 is 2.79 bits per heavy atom. The Kier molecular flexibility index (Phi) is 5.12. The minimum absolute atomic E-state index is 0.0135. The lowest BCUT2D eigenvalue weighted by Gasteiger charge is -2.28. The molecular formula is C22H23N3O3. The number of carbonyl (C=O) groups excluding carboxylic acids is 1. The van der Waals surface area contributed by atoms with Crippen molar-refractivity contribution in [2.45, 2.75) is 19.1 Å². The number of carbonyl (C=O) groups is 1. The lowest BCUT2D eigenvalue weighted by atomic mass is 9.99. The first-order valence-corrected chi connectivity index (χ1v) is 9.28. The van der Waals surface area contributed by atoms with Gasteiger partial charge in [-0.1, -0.05) is 36.4 Å². The van der Waals surface area contributed by atoms with Crippen LogP contribution in [0.15, 0.2) is 54.6 Å². The van der Waals surface area contributed by atoms with Crippen LogP contribution < -0.4 is 4.74 Å². The van der Waals surface area contributed by atoms with Crippen LogP contribution in [0.2, 0.25) is 0 Å². The number of para-hydroxylation sites is 1. The zero-order valence-electron chi connectivity index (χ0n) is 16.0. The van der Waals surface area contributed by atoms with Gasteiger partial charge >= 0.3 is 0 Å². The van der Waals surface area contributed by atoms with Crippen LogP contribution in [-0.2, 0) is 17.8 Å². The largest absolute Gasteiger partial charge is 0.496 e. The molecule has 1 aliphatic rings. The molecule has 1 aromatic heterocycles. The molecule has 6 nitrogen and oxygen atoms in total. The summed E-state index contributed by atoms with van der Waals surface area (Å²) in [4.78, 5) is 14.5. The Bertz CT molecular complexity index is 982. The van der Waals surface area contributed by atoms with E-state index in [0.717, 1.165) is 17.7 Å². The minimum Gasteiger partial charge on any atom is -0.496 e. The summed E-state index contributed by atoms with van der Waals surface area (Å²) in [5.41, 5.74) is 4.48. The molecule has 28 heavy (non-hydrogen) atoms. The fourth-order valence-electron chi connectivity index (χ4n) is 3.55. The summed E-state index contributed by atoms with van der Waals surface area (Å²) >= 11 is 0. The average Bonchev–Trinajstić information content (AvgIpc) is 3.23. The number of amides is 1.